The van der Waals surface area contributed by atoms with E-state index in [1.807, 2.05) is 29.2 Å². The van der Waals surface area contributed by atoms with Crippen molar-refractivity contribution in [2.24, 2.45) is 0 Å². The monoisotopic (exact) mass is 264 g/mol. The van der Waals surface area contributed by atoms with Gasteiger partial charge in [-0.1, -0.05) is 12.1 Å². The lowest BCUT2D eigenvalue weighted by atomic mass is 10.2. The van der Waals surface area contributed by atoms with Crippen LogP contribution in [0.3, 0.4) is 0 Å². The fourth-order valence-corrected chi connectivity index (χ4v) is 1.97. The first-order chi connectivity index (χ1) is 9.29. The van der Waals surface area contributed by atoms with E-state index in [0.29, 0.717) is 26.3 Å². The van der Waals surface area contributed by atoms with Crippen LogP contribution in [0.15, 0.2) is 24.3 Å². The van der Waals surface area contributed by atoms with Crippen molar-refractivity contribution in [2.45, 2.75) is 6.54 Å². The van der Waals surface area contributed by atoms with Crippen LogP contribution < -0.4 is 10.1 Å². The predicted octanol–water partition coefficient (Wildman–Crippen LogP) is 0.644. The van der Waals surface area contributed by atoms with Gasteiger partial charge in [0.25, 0.3) is 0 Å². The van der Waals surface area contributed by atoms with Crippen molar-refractivity contribution >= 4 is 5.91 Å². The Labute approximate surface area is 113 Å². The van der Waals surface area contributed by atoms with Crippen molar-refractivity contribution in [1.29, 1.82) is 0 Å². The Balaban J connectivity index is 1.85. The molecule has 0 aliphatic carbocycles. The quantitative estimate of drug-likeness (QED) is 0.766. The number of benzene rings is 1. The third-order valence-corrected chi connectivity index (χ3v) is 3.04. The van der Waals surface area contributed by atoms with Crippen molar-refractivity contribution in [1.82, 2.24) is 10.2 Å². The lowest BCUT2D eigenvalue weighted by molar-refractivity contribution is -0.132. The van der Waals surface area contributed by atoms with Gasteiger partial charge in [0.2, 0.25) is 5.91 Å². The first-order valence-corrected chi connectivity index (χ1v) is 6.49. The lowest BCUT2D eigenvalue weighted by Crippen LogP contribution is -2.47. The van der Waals surface area contributed by atoms with Crippen LogP contribution in [-0.4, -0.2) is 50.8 Å². The highest BCUT2D eigenvalue weighted by Gasteiger charge is 2.17. The number of carbonyl (C=O) groups excluding carboxylic acids is 1. The Morgan fingerprint density at radius 1 is 1.26 bits per heavy atom. The number of carbonyl (C=O) groups is 1. The van der Waals surface area contributed by atoms with E-state index in [1.54, 1.807) is 7.11 Å². The number of amides is 1. The standard InChI is InChI=1S/C14H20N2O3/c1-18-8-9-19-13-4-2-12(3-5-13)11-16-7-6-15-10-14(16)17/h2-5,15H,6-11H2,1H3. The summed E-state index contributed by atoms with van der Waals surface area (Å²) < 4.78 is 10.4. The summed E-state index contributed by atoms with van der Waals surface area (Å²) in [6, 6.07) is 7.85. The molecule has 1 N–H and O–H groups in total. The third kappa shape index (κ3) is 4.22. The topological polar surface area (TPSA) is 50.8 Å². The third-order valence-electron chi connectivity index (χ3n) is 3.04. The molecule has 5 heteroatoms. The molecule has 1 fully saturated rings. The molecular formula is C14H20N2O3. The Morgan fingerprint density at radius 2 is 2.05 bits per heavy atom. The number of piperazine rings is 1. The SMILES string of the molecule is COCCOc1ccc(CN2CCNCC2=O)cc1. The Bertz CT molecular complexity index is 406. The predicted molar refractivity (Wildman–Crippen MR) is 72.1 cm³/mol. The molecule has 1 aliphatic rings. The fourth-order valence-electron chi connectivity index (χ4n) is 1.97. The van der Waals surface area contributed by atoms with Crippen molar-refractivity contribution in [3.05, 3.63) is 29.8 Å². The maximum atomic E-state index is 11.7. The van der Waals surface area contributed by atoms with E-state index in [4.69, 9.17) is 9.47 Å². The Kier molecular flexibility index (Phi) is 5.18. The maximum Gasteiger partial charge on any atom is 0.236 e. The first-order valence-electron chi connectivity index (χ1n) is 6.49. The van der Waals surface area contributed by atoms with Crippen LogP contribution in [0.1, 0.15) is 5.56 Å². The van der Waals surface area contributed by atoms with E-state index in [1.165, 1.54) is 0 Å². The van der Waals surface area contributed by atoms with Gasteiger partial charge in [-0.15, -0.1) is 0 Å². The van der Waals surface area contributed by atoms with Crippen LogP contribution in [0.5, 0.6) is 5.75 Å². The van der Waals surface area contributed by atoms with Gasteiger partial charge in [0.1, 0.15) is 12.4 Å². The molecule has 19 heavy (non-hydrogen) atoms. The highest BCUT2D eigenvalue weighted by Crippen LogP contribution is 2.14. The van der Waals surface area contributed by atoms with Crippen molar-refractivity contribution in [3.63, 3.8) is 0 Å². The van der Waals surface area contributed by atoms with Crippen molar-refractivity contribution in [2.75, 3.05) is 40.0 Å². The summed E-state index contributed by atoms with van der Waals surface area (Å²) in [6.45, 7) is 3.87. The summed E-state index contributed by atoms with van der Waals surface area (Å²) >= 11 is 0. The van der Waals surface area contributed by atoms with Gasteiger partial charge in [-0.3, -0.25) is 4.79 Å². The minimum Gasteiger partial charge on any atom is -0.491 e. The van der Waals surface area contributed by atoms with E-state index in [2.05, 4.69) is 5.32 Å². The molecular weight excluding hydrogens is 244 g/mol. The van der Waals surface area contributed by atoms with Gasteiger partial charge >= 0.3 is 0 Å². The number of hydrogen-bond acceptors (Lipinski definition) is 4. The van der Waals surface area contributed by atoms with Crippen LogP contribution in [0.4, 0.5) is 0 Å². The second kappa shape index (κ2) is 7.11. The number of ether oxygens (including phenoxy) is 2. The van der Waals surface area contributed by atoms with Gasteiger partial charge in [-0.2, -0.15) is 0 Å². The summed E-state index contributed by atoms with van der Waals surface area (Å²) in [5.74, 6) is 0.985. The summed E-state index contributed by atoms with van der Waals surface area (Å²) in [7, 11) is 1.65. The zero-order valence-electron chi connectivity index (χ0n) is 11.2. The number of nitrogens with one attached hydrogen (secondary N) is 1. The fraction of sp³-hybridized carbons (Fsp3) is 0.500. The molecule has 1 aromatic carbocycles. The molecule has 1 aromatic rings. The summed E-state index contributed by atoms with van der Waals surface area (Å²) in [5.41, 5.74) is 1.12. The summed E-state index contributed by atoms with van der Waals surface area (Å²) in [4.78, 5) is 13.5. The molecule has 2 rings (SSSR count). The first kappa shape index (κ1) is 13.8. The average molecular weight is 264 g/mol. The molecule has 0 saturated carbocycles. The molecule has 0 unspecified atom stereocenters. The Morgan fingerprint density at radius 3 is 2.74 bits per heavy atom. The average Bonchev–Trinajstić information content (AvgIpc) is 2.44. The van der Waals surface area contributed by atoms with E-state index >= 15 is 0 Å². The molecule has 0 radical (unpaired) electrons. The number of hydrogen-bond donors (Lipinski definition) is 1. The molecule has 0 spiro atoms. The van der Waals surface area contributed by atoms with E-state index < -0.39 is 0 Å². The smallest absolute Gasteiger partial charge is 0.236 e. The minimum absolute atomic E-state index is 0.159. The van der Waals surface area contributed by atoms with Crippen LogP contribution in [0.25, 0.3) is 0 Å². The molecule has 1 saturated heterocycles. The van der Waals surface area contributed by atoms with Crippen LogP contribution in [0.2, 0.25) is 0 Å². The van der Waals surface area contributed by atoms with Crippen LogP contribution in [-0.2, 0) is 16.1 Å². The molecule has 0 atom stereocenters. The number of methoxy groups -OCH3 is 1. The van der Waals surface area contributed by atoms with Gasteiger partial charge in [-0.05, 0) is 17.7 Å². The second-order valence-corrected chi connectivity index (χ2v) is 4.48. The molecule has 5 nitrogen and oxygen atoms in total. The van der Waals surface area contributed by atoms with Gasteiger partial charge in [-0.25, -0.2) is 0 Å². The molecule has 0 aromatic heterocycles. The van der Waals surface area contributed by atoms with Crippen LogP contribution in [0, 0.1) is 0 Å². The van der Waals surface area contributed by atoms with Gasteiger partial charge in [0, 0.05) is 26.7 Å². The molecule has 0 bridgehead atoms. The Hall–Kier alpha value is -1.59. The zero-order chi connectivity index (χ0) is 13.5. The van der Waals surface area contributed by atoms with E-state index in [9.17, 15) is 4.79 Å². The molecule has 1 heterocycles. The van der Waals surface area contributed by atoms with Crippen molar-refractivity contribution < 1.29 is 14.3 Å². The molecule has 104 valence electrons. The van der Waals surface area contributed by atoms with E-state index in [0.717, 1.165) is 24.4 Å². The zero-order valence-corrected chi connectivity index (χ0v) is 11.2. The molecule has 1 aliphatic heterocycles. The highest BCUT2D eigenvalue weighted by atomic mass is 16.5. The summed E-state index contributed by atoms with van der Waals surface area (Å²) in [5, 5.41) is 3.07. The van der Waals surface area contributed by atoms with Crippen LogP contribution >= 0.6 is 0 Å². The van der Waals surface area contributed by atoms with Crippen molar-refractivity contribution in [3.8, 4) is 5.75 Å². The van der Waals surface area contributed by atoms with Gasteiger partial charge in [0.05, 0.1) is 13.2 Å². The normalized spacial score (nSPS) is 15.6. The highest BCUT2D eigenvalue weighted by molar-refractivity contribution is 5.78. The van der Waals surface area contributed by atoms with E-state index in [-0.39, 0.29) is 5.91 Å². The minimum atomic E-state index is 0.159. The lowest BCUT2D eigenvalue weighted by Gasteiger charge is -2.27. The molecule has 1 amide bonds. The number of rotatable bonds is 6. The largest absolute Gasteiger partial charge is 0.491 e. The van der Waals surface area contributed by atoms with Gasteiger partial charge < -0.3 is 19.7 Å². The van der Waals surface area contributed by atoms with Gasteiger partial charge in [0.15, 0.2) is 0 Å². The maximum absolute atomic E-state index is 11.7. The summed E-state index contributed by atoms with van der Waals surface area (Å²) in [6.07, 6.45) is 0. The second-order valence-electron chi connectivity index (χ2n) is 4.48. The number of nitrogens with zero attached hydrogens (tertiary/aromatic N) is 1.